The first kappa shape index (κ1) is 26.9. The van der Waals surface area contributed by atoms with Crippen molar-refractivity contribution in [3.63, 3.8) is 0 Å². The van der Waals surface area contributed by atoms with Gasteiger partial charge in [0.1, 0.15) is 78.9 Å². The van der Waals surface area contributed by atoms with Crippen LogP contribution in [0.1, 0.15) is 16.2 Å². The lowest BCUT2D eigenvalue weighted by molar-refractivity contribution is -0.273. The third kappa shape index (κ3) is 5.29. The number of hydrogen-bond donors (Lipinski definition) is 0. The van der Waals surface area contributed by atoms with Gasteiger partial charge in [0.25, 0.3) is 5.91 Å². The fourth-order valence-corrected chi connectivity index (χ4v) is 3.80. The number of hydrogen-bond acceptors (Lipinski definition) is 5. The predicted octanol–water partition coefficient (Wildman–Crippen LogP) is -4.37. The van der Waals surface area contributed by atoms with Crippen molar-refractivity contribution < 1.29 is 27.4 Å². The first-order valence-electron chi connectivity index (χ1n) is 10.5. The van der Waals surface area contributed by atoms with Crippen molar-refractivity contribution in [2.45, 2.75) is 12.9 Å². The van der Waals surface area contributed by atoms with Crippen LogP contribution in [-0.2, 0) is 6.54 Å². The Kier molecular flexibility index (Phi) is 7.23. The summed E-state index contributed by atoms with van der Waals surface area (Å²) in [6.45, 7) is 0.254. The number of benzene rings is 2. The minimum atomic E-state index is -5.08. The summed E-state index contributed by atoms with van der Waals surface area (Å²) < 4.78 is 48.0. The Balaban J connectivity index is 1.74. The van der Waals surface area contributed by atoms with Crippen LogP contribution in [0, 0.1) is 0 Å². The molecular weight excluding hydrogens is 475 g/mol. The Hall–Kier alpha value is -3.17. The lowest BCUT2D eigenvalue weighted by atomic mass is 9.65. The summed E-state index contributed by atoms with van der Waals surface area (Å²) in [4.78, 5) is 22.9. The molecular formula is C21H9B7F3N3O3. The van der Waals surface area contributed by atoms with Gasteiger partial charge in [0.15, 0.2) is 0 Å². The van der Waals surface area contributed by atoms with Crippen LogP contribution in [-0.4, -0.2) is 95.2 Å². The van der Waals surface area contributed by atoms with E-state index in [4.69, 9.17) is 59.7 Å². The number of carbonyl (C=O) groups is 1. The van der Waals surface area contributed by atoms with E-state index in [1.165, 1.54) is 23.1 Å². The van der Waals surface area contributed by atoms with Gasteiger partial charge in [0.05, 0.1) is 18.7 Å². The Labute approximate surface area is 220 Å². The van der Waals surface area contributed by atoms with Crippen LogP contribution in [0.15, 0.2) is 18.2 Å². The van der Waals surface area contributed by atoms with Gasteiger partial charge in [-0.15, -0.1) is 13.2 Å². The van der Waals surface area contributed by atoms with E-state index >= 15 is 0 Å². The van der Waals surface area contributed by atoms with Gasteiger partial charge in [0.2, 0.25) is 0 Å². The number of alkyl halides is 3. The molecule has 0 unspecified atom stereocenters. The van der Waals surface area contributed by atoms with Crippen molar-refractivity contribution in [2.24, 2.45) is 0 Å². The Morgan fingerprint density at radius 2 is 1.51 bits per heavy atom. The zero-order valence-corrected chi connectivity index (χ0v) is 19.1. The van der Waals surface area contributed by atoms with Crippen molar-refractivity contribution in [1.29, 1.82) is 0 Å². The SMILES string of the molecule is [B]c1nc(CN2CCOc3ccc(-c4c([B])c([B])c(OC(F)(F)F)c([B])c4[B])cc3C2=O)nc([B])c1[B]. The summed E-state index contributed by atoms with van der Waals surface area (Å²) in [5.74, 6) is -0.967. The molecule has 0 spiro atoms. The fraction of sp³-hybridized carbons (Fsp3) is 0.190. The van der Waals surface area contributed by atoms with Crippen molar-refractivity contribution >= 4 is 99.3 Å². The molecule has 0 bridgehead atoms. The molecule has 0 aliphatic carbocycles. The van der Waals surface area contributed by atoms with Gasteiger partial charge in [-0.05, 0) is 34.4 Å². The van der Waals surface area contributed by atoms with Crippen LogP contribution >= 0.6 is 0 Å². The molecule has 1 aliphatic rings. The lowest BCUT2D eigenvalue weighted by Gasteiger charge is -2.24. The molecule has 3 aromatic rings. The minimum Gasteiger partial charge on any atom is -0.491 e. The van der Waals surface area contributed by atoms with E-state index in [1.807, 2.05) is 0 Å². The van der Waals surface area contributed by atoms with E-state index < -0.39 is 28.9 Å². The third-order valence-corrected chi connectivity index (χ3v) is 5.61. The maximum atomic E-state index is 13.4. The van der Waals surface area contributed by atoms with Crippen LogP contribution in [0.2, 0.25) is 0 Å². The second-order valence-electron chi connectivity index (χ2n) is 8.02. The number of ether oxygens (including phenoxy) is 2. The van der Waals surface area contributed by atoms with Gasteiger partial charge in [-0.1, -0.05) is 33.4 Å². The molecule has 16 heteroatoms. The van der Waals surface area contributed by atoms with Gasteiger partial charge in [-0.3, -0.25) is 4.79 Å². The average molecular weight is 484 g/mol. The highest BCUT2D eigenvalue weighted by Crippen LogP contribution is 2.29. The van der Waals surface area contributed by atoms with Crippen LogP contribution in [0.4, 0.5) is 13.2 Å². The van der Waals surface area contributed by atoms with E-state index in [-0.39, 0.29) is 75.5 Å². The monoisotopic (exact) mass is 485 g/mol. The van der Waals surface area contributed by atoms with Crippen molar-refractivity contribution in [1.82, 2.24) is 14.9 Å². The zero-order chi connectivity index (χ0) is 27.2. The average Bonchev–Trinajstić information content (AvgIpc) is 2.97. The molecule has 168 valence electrons. The predicted molar refractivity (Wildman–Crippen MR) is 139 cm³/mol. The molecule has 0 fully saturated rings. The van der Waals surface area contributed by atoms with Crippen LogP contribution in [0.5, 0.6) is 11.5 Å². The van der Waals surface area contributed by atoms with Gasteiger partial charge >= 0.3 is 6.36 Å². The van der Waals surface area contributed by atoms with E-state index in [1.54, 1.807) is 0 Å². The second-order valence-corrected chi connectivity index (χ2v) is 8.02. The van der Waals surface area contributed by atoms with Crippen molar-refractivity contribution in [3.8, 4) is 22.6 Å². The van der Waals surface area contributed by atoms with Crippen molar-refractivity contribution in [2.75, 3.05) is 13.2 Å². The number of rotatable bonds is 4. The summed E-state index contributed by atoms with van der Waals surface area (Å²) in [5.41, 5.74) is -1.38. The maximum Gasteiger partial charge on any atom is 0.573 e. The molecule has 0 N–H and O–H groups in total. The molecule has 1 aromatic heterocycles. The number of fused-ring (bicyclic) bond motifs is 1. The first-order valence-corrected chi connectivity index (χ1v) is 10.5. The lowest BCUT2D eigenvalue weighted by Crippen LogP contribution is -2.45. The van der Waals surface area contributed by atoms with E-state index in [0.29, 0.717) is 0 Å². The van der Waals surface area contributed by atoms with E-state index in [0.717, 1.165) is 0 Å². The van der Waals surface area contributed by atoms with E-state index in [2.05, 4.69) is 14.7 Å². The molecule has 1 aliphatic heterocycles. The van der Waals surface area contributed by atoms with Crippen LogP contribution < -0.4 is 48.0 Å². The van der Waals surface area contributed by atoms with E-state index in [9.17, 15) is 18.0 Å². The molecule has 0 saturated heterocycles. The van der Waals surface area contributed by atoms with Crippen molar-refractivity contribution in [3.05, 3.63) is 29.6 Å². The Morgan fingerprint density at radius 3 is 2.08 bits per heavy atom. The minimum absolute atomic E-state index is 0.0252. The third-order valence-electron chi connectivity index (χ3n) is 5.61. The molecule has 37 heavy (non-hydrogen) atoms. The smallest absolute Gasteiger partial charge is 0.491 e. The first-order chi connectivity index (χ1) is 17.3. The largest absolute Gasteiger partial charge is 0.573 e. The summed E-state index contributed by atoms with van der Waals surface area (Å²) in [6, 6.07) is 4.42. The highest BCUT2D eigenvalue weighted by Gasteiger charge is 2.33. The Bertz CT molecular complexity index is 1370. The molecule has 2 aromatic carbocycles. The highest BCUT2D eigenvalue weighted by molar-refractivity contribution is 6.61. The molecule has 4 rings (SSSR count). The topological polar surface area (TPSA) is 64.6 Å². The molecule has 6 nitrogen and oxygen atoms in total. The number of halogens is 3. The molecule has 2 heterocycles. The molecule has 14 radical (unpaired) electrons. The van der Waals surface area contributed by atoms with Gasteiger partial charge in [-0.25, -0.2) is 9.97 Å². The zero-order valence-electron chi connectivity index (χ0n) is 19.1. The quantitative estimate of drug-likeness (QED) is 0.351. The number of aromatic nitrogens is 2. The summed E-state index contributed by atoms with van der Waals surface area (Å²) in [7, 11) is 40.8. The standard InChI is InChI=1S/C21H9B7F3N3O3/c22-12-11(13(23)15(25)17(14(12)24)37-21(29,30)31)7-1-2-9-8(5-7)20(35)34(3-4-36-9)6-10-32-18(27)16(26)19(28)33-10/h1-2,5H,3-4,6H2. The number of amides is 1. The Morgan fingerprint density at radius 1 is 0.919 bits per heavy atom. The summed E-state index contributed by atoms with van der Waals surface area (Å²) in [5, 5.41) is 0. The second kappa shape index (κ2) is 9.95. The van der Waals surface area contributed by atoms with Gasteiger partial charge in [-0.2, -0.15) is 0 Å². The van der Waals surface area contributed by atoms with Crippen LogP contribution in [0.3, 0.4) is 0 Å². The normalized spacial score (nSPS) is 13.6. The number of nitrogens with zero attached hydrogens (tertiary/aromatic N) is 3. The summed E-state index contributed by atoms with van der Waals surface area (Å²) >= 11 is 0. The number of carbonyl (C=O) groups excluding carboxylic acids is 1. The molecule has 1 amide bonds. The highest BCUT2D eigenvalue weighted by atomic mass is 19.4. The van der Waals surface area contributed by atoms with Gasteiger partial charge < -0.3 is 14.4 Å². The molecule has 0 atom stereocenters. The van der Waals surface area contributed by atoms with Crippen LogP contribution in [0.25, 0.3) is 11.1 Å². The van der Waals surface area contributed by atoms with Gasteiger partial charge in [0, 0.05) is 0 Å². The molecule has 0 saturated carbocycles. The maximum absolute atomic E-state index is 13.4. The summed E-state index contributed by atoms with van der Waals surface area (Å²) in [6.07, 6.45) is -5.08. The fourth-order valence-electron chi connectivity index (χ4n) is 3.80.